The Bertz CT molecular complexity index is 834. The minimum absolute atomic E-state index is 0.144. The lowest BCUT2D eigenvalue weighted by Crippen LogP contribution is -2.45. The second-order valence-electron chi connectivity index (χ2n) is 8.06. The number of hydrogen-bond acceptors (Lipinski definition) is 4. The number of aromatic nitrogens is 1. The van der Waals surface area contributed by atoms with E-state index in [0.717, 1.165) is 66.7 Å². The third-order valence-electron chi connectivity index (χ3n) is 5.88. The van der Waals surface area contributed by atoms with Crippen LogP contribution in [-0.2, 0) is 6.54 Å². The number of piperidine rings is 1. The van der Waals surface area contributed by atoms with Crippen LogP contribution in [0.3, 0.4) is 0 Å². The van der Waals surface area contributed by atoms with E-state index in [0.29, 0.717) is 0 Å². The van der Waals surface area contributed by atoms with Crippen LogP contribution in [0.25, 0.3) is 0 Å². The molecule has 1 amide bonds. The van der Waals surface area contributed by atoms with Gasteiger partial charge in [-0.1, -0.05) is 12.1 Å². The summed E-state index contributed by atoms with van der Waals surface area (Å²) in [5.41, 5.74) is 2.20. The fourth-order valence-corrected chi connectivity index (χ4v) is 5.50. The van der Waals surface area contributed by atoms with Gasteiger partial charge < -0.3 is 4.90 Å². The van der Waals surface area contributed by atoms with Crippen LogP contribution < -0.4 is 0 Å². The summed E-state index contributed by atoms with van der Waals surface area (Å²) in [4.78, 5) is 22.7. The Kier molecular flexibility index (Phi) is 5.03. The molecule has 2 aromatic rings. The van der Waals surface area contributed by atoms with Crippen molar-refractivity contribution in [2.24, 2.45) is 5.41 Å². The van der Waals surface area contributed by atoms with E-state index in [1.54, 1.807) is 0 Å². The number of nitrogens with zero attached hydrogens (tertiary/aromatic N) is 3. The van der Waals surface area contributed by atoms with E-state index in [9.17, 15) is 9.18 Å². The normalized spacial score (nSPS) is 23.3. The fourth-order valence-electron chi connectivity index (χ4n) is 4.61. The Hall–Kier alpha value is -1.79. The maximum absolute atomic E-state index is 13.1. The average Bonchev–Trinajstić information content (AvgIpc) is 3.19. The van der Waals surface area contributed by atoms with Gasteiger partial charge in [0.2, 0.25) is 0 Å². The molecular weight excluding hydrogens is 361 g/mol. The van der Waals surface area contributed by atoms with Gasteiger partial charge in [0, 0.05) is 31.6 Å². The summed E-state index contributed by atoms with van der Waals surface area (Å²) in [5, 5.41) is 0.952. The van der Waals surface area contributed by atoms with Gasteiger partial charge in [-0.2, -0.15) is 0 Å². The van der Waals surface area contributed by atoms with Crippen LogP contribution in [0.1, 0.15) is 45.2 Å². The van der Waals surface area contributed by atoms with E-state index >= 15 is 0 Å². The van der Waals surface area contributed by atoms with Crippen LogP contribution in [0.15, 0.2) is 24.3 Å². The van der Waals surface area contributed by atoms with Gasteiger partial charge in [-0.3, -0.25) is 9.69 Å². The quantitative estimate of drug-likeness (QED) is 0.798. The summed E-state index contributed by atoms with van der Waals surface area (Å²) in [6.45, 7) is 8.47. The second-order valence-corrected chi connectivity index (χ2v) is 9.27. The third-order valence-corrected chi connectivity index (χ3v) is 6.94. The van der Waals surface area contributed by atoms with Gasteiger partial charge in [0.25, 0.3) is 5.91 Å². The zero-order valence-electron chi connectivity index (χ0n) is 16.0. The zero-order valence-corrected chi connectivity index (χ0v) is 16.8. The Morgan fingerprint density at radius 2 is 1.96 bits per heavy atom. The highest BCUT2D eigenvalue weighted by atomic mass is 32.1. The molecule has 0 aliphatic carbocycles. The summed E-state index contributed by atoms with van der Waals surface area (Å²) in [5.74, 6) is -0.0435. The molecule has 1 aromatic carbocycles. The summed E-state index contributed by atoms with van der Waals surface area (Å²) in [7, 11) is 0. The number of thiazole rings is 1. The van der Waals surface area contributed by atoms with Gasteiger partial charge >= 0.3 is 0 Å². The van der Waals surface area contributed by atoms with E-state index in [4.69, 9.17) is 0 Å². The predicted octanol–water partition coefficient (Wildman–Crippen LogP) is 4.03. The monoisotopic (exact) mass is 387 g/mol. The molecular formula is C21H26FN3OS. The van der Waals surface area contributed by atoms with Gasteiger partial charge in [-0.25, -0.2) is 9.37 Å². The molecule has 144 valence electrons. The van der Waals surface area contributed by atoms with Gasteiger partial charge in [-0.15, -0.1) is 11.3 Å². The SMILES string of the molecule is Cc1nc(C)c(C(=O)N2CC[C@]3(CCCN(Cc4ccc(F)cc4)C3)C2)s1. The highest BCUT2D eigenvalue weighted by Crippen LogP contribution is 2.40. The van der Waals surface area contributed by atoms with E-state index in [-0.39, 0.29) is 17.1 Å². The highest BCUT2D eigenvalue weighted by molar-refractivity contribution is 7.13. The van der Waals surface area contributed by atoms with Crippen molar-refractivity contribution in [3.8, 4) is 0 Å². The Morgan fingerprint density at radius 3 is 2.67 bits per heavy atom. The first kappa shape index (κ1) is 18.6. The minimum Gasteiger partial charge on any atom is -0.337 e. The number of amides is 1. The average molecular weight is 388 g/mol. The number of carbonyl (C=O) groups is 1. The van der Waals surface area contributed by atoms with Crippen LogP contribution in [0.2, 0.25) is 0 Å². The molecule has 1 atom stereocenters. The Labute approximate surface area is 164 Å². The maximum Gasteiger partial charge on any atom is 0.265 e. The van der Waals surface area contributed by atoms with Crippen molar-refractivity contribution < 1.29 is 9.18 Å². The lowest BCUT2D eigenvalue weighted by Gasteiger charge is -2.40. The number of benzene rings is 1. The van der Waals surface area contributed by atoms with Crippen LogP contribution >= 0.6 is 11.3 Å². The lowest BCUT2D eigenvalue weighted by molar-refractivity contribution is 0.0678. The Balaban J connectivity index is 1.42. The Morgan fingerprint density at radius 1 is 1.19 bits per heavy atom. The molecule has 2 aliphatic rings. The molecule has 1 spiro atoms. The molecule has 4 rings (SSSR count). The molecule has 0 saturated carbocycles. The first-order valence-corrected chi connectivity index (χ1v) is 10.5. The summed E-state index contributed by atoms with van der Waals surface area (Å²) < 4.78 is 13.1. The van der Waals surface area contributed by atoms with Gasteiger partial charge in [-0.05, 0) is 57.4 Å². The third kappa shape index (κ3) is 3.92. The summed E-state index contributed by atoms with van der Waals surface area (Å²) in [6, 6.07) is 6.81. The number of rotatable bonds is 3. The minimum atomic E-state index is -0.188. The molecule has 2 fully saturated rings. The molecule has 0 radical (unpaired) electrons. The smallest absolute Gasteiger partial charge is 0.265 e. The van der Waals surface area contributed by atoms with E-state index in [1.807, 2.05) is 30.9 Å². The van der Waals surface area contributed by atoms with Crippen molar-refractivity contribution in [2.75, 3.05) is 26.2 Å². The fraction of sp³-hybridized carbons (Fsp3) is 0.524. The van der Waals surface area contributed by atoms with Crippen molar-refractivity contribution in [1.82, 2.24) is 14.8 Å². The van der Waals surface area contributed by atoms with Crippen LogP contribution in [0, 0.1) is 25.1 Å². The number of hydrogen-bond donors (Lipinski definition) is 0. The predicted molar refractivity (Wildman–Crippen MR) is 105 cm³/mol. The van der Waals surface area contributed by atoms with Crippen LogP contribution in [0.4, 0.5) is 4.39 Å². The van der Waals surface area contributed by atoms with E-state index < -0.39 is 0 Å². The van der Waals surface area contributed by atoms with E-state index in [2.05, 4.69) is 9.88 Å². The first-order chi connectivity index (χ1) is 12.9. The maximum atomic E-state index is 13.1. The number of likely N-dealkylation sites (tertiary alicyclic amines) is 2. The lowest BCUT2D eigenvalue weighted by atomic mass is 9.79. The van der Waals surface area contributed by atoms with Crippen molar-refractivity contribution in [3.05, 3.63) is 51.2 Å². The molecule has 2 aliphatic heterocycles. The molecule has 6 heteroatoms. The molecule has 0 N–H and O–H groups in total. The first-order valence-electron chi connectivity index (χ1n) is 9.64. The largest absolute Gasteiger partial charge is 0.337 e. The number of halogens is 1. The van der Waals surface area contributed by atoms with Gasteiger partial charge in [0.1, 0.15) is 10.7 Å². The zero-order chi connectivity index (χ0) is 19.0. The molecule has 3 heterocycles. The molecule has 1 aromatic heterocycles. The van der Waals surface area contributed by atoms with Crippen molar-refractivity contribution in [2.45, 2.75) is 39.7 Å². The van der Waals surface area contributed by atoms with Crippen LogP contribution in [-0.4, -0.2) is 46.9 Å². The van der Waals surface area contributed by atoms with Gasteiger partial charge in [0.15, 0.2) is 0 Å². The van der Waals surface area contributed by atoms with Crippen molar-refractivity contribution in [1.29, 1.82) is 0 Å². The second kappa shape index (κ2) is 7.32. The van der Waals surface area contributed by atoms with Crippen LogP contribution in [0.5, 0.6) is 0 Å². The highest BCUT2D eigenvalue weighted by Gasteiger charge is 2.43. The molecule has 27 heavy (non-hydrogen) atoms. The summed E-state index contributed by atoms with van der Waals surface area (Å²) in [6.07, 6.45) is 3.40. The topological polar surface area (TPSA) is 36.4 Å². The molecule has 4 nitrogen and oxygen atoms in total. The van der Waals surface area contributed by atoms with Crippen molar-refractivity contribution >= 4 is 17.2 Å². The number of carbonyl (C=O) groups excluding carboxylic acids is 1. The van der Waals surface area contributed by atoms with Crippen molar-refractivity contribution in [3.63, 3.8) is 0 Å². The standard InChI is InChI=1S/C21H26FN3OS/c1-15-19(27-16(2)23-15)20(26)25-11-9-21(14-25)8-3-10-24(13-21)12-17-4-6-18(22)7-5-17/h4-7H,3,8-14H2,1-2H3/t21-/m0/s1. The number of aryl methyl sites for hydroxylation is 2. The summed E-state index contributed by atoms with van der Waals surface area (Å²) >= 11 is 1.50. The molecule has 0 bridgehead atoms. The van der Waals surface area contributed by atoms with Gasteiger partial charge in [0.05, 0.1) is 10.7 Å². The van der Waals surface area contributed by atoms with E-state index in [1.165, 1.54) is 29.9 Å². The molecule has 2 saturated heterocycles. The molecule has 0 unspecified atom stereocenters.